The Morgan fingerprint density at radius 3 is 1.44 bits per heavy atom. The number of benzene rings is 3. The summed E-state index contributed by atoms with van der Waals surface area (Å²) in [7, 11) is -11.0. The molecule has 36 heavy (non-hydrogen) atoms. The van der Waals surface area contributed by atoms with Crippen LogP contribution in [0.3, 0.4) is 0 Å². The number of hydrogen-bond donors (Lipinski definition) is 0. The molecule has 3 aromatic rings. The van der Waals surface area contributed by atoms with Crippen molar-refractivity contribution in [1.29, 1.82) is 0 Å². The molecule has 1 heterocycles. The number of alkyl halides is 9. The molecule has 0 saturated heterocycles. The van der Waals surface area contributed by atoms with Gasteiger partial charge in [0.25, 0.3) is 0 Å². The predicted molar refractivity (Wildman–Crippen MR) is 112 cm³/mol. The van der Waals surface area contributed by atoms with E-state index in [0.717, 1.165) is 0 Å². The fraction of sp³-hybridized carbons (Fsp3) is 0.182. The van der Waals surface area contributed by atoms with Gasteiger partial charge in [-0.05, 0) is 45.7 Å². The van der Waals surface area contributed by atoms with Crippen molar-refractivity contribution in [2.45, 2.75) is 38.0 Å². The Bertz CT molecular complexity index is 1360. The maximum absolute atomic E-state index is 14.7. The summed E-state index contributed by atoms with van der Waals surface area (Å²) in [5.74, 6) is -14.8. The van der Waals surface area contributed by atoms with Gasteiger partial charge in [-0.25, -0.2) is 3.63 Å². The Balaban J connectivity index is 1.99. The molecule has 14 heteroatoms. The van der Waals surface area contributed by atoms with Crippen molar-refractivity contribution in [3.8, 4) is 11.1 Å². The molecular weight excluding hydrogens is 547 g/mol. The molecule has 0 aliphatic carbocycles. The number of hydrogen-bond acceptors (Lipinski definition) is 3. The van der Waals surface area contributed by atoms with Crippen LogP contribution >= 0.6 is 10.3 Å². The summed E-state index contributed by atoms with van der Waals surface area (Å²) in [5, 5.41) is -6.99. The first-order chi connectivity index (χ1) is 16.5. The van der Waals surface area contributed by atoms with Crippen LogP contribution in [0.1, 0.15) is 0 Å². The third-order valence-electron chi connectivity index (χ3n) is 5.38. The van der Waals surface area contributed by atoms with Gasteiger partial charge in [-0.15, -0.1) is 0 Å². The van der Waals surface area contributed by atoms with Crippen molar-refractivity contribution in [3.63, 3.8) is 0 Å². The van der Waals surface area contributed by atoms with Gasteiger partial charge in [-0.2, -0.15) is 47.9 Å². The first kappa shape index (κ1) is 26.4. The van der Waals surface area contributed by atoms with E-state index in [1.54, 1.807) is 0 Å². The van der Waals surface area contributed by atoms with Gasteiger partial charge in [-0.1, -0.05) is 54.6 Å². The molecule has 0 aromatic heterocycles. The summed E-state index contributed by atoms with van der Waals surface area (Å²) in [6.07, 6.45) is -7.19. The maximum atomic E-state index is 14.7. The monoisotopic (exact) mass is 560 g/mol. The average Bonchev–Trinajstić information content (AvgIpc) is 3.09. The van der Waals surface area contributed by atoms with Gasteiger partial charge in [0.15, 0.2) is 0 Å². The minimum absolute atomic E-state index is 0.0531. The van der Waals surface area contributed by atoms with E-state index in [1.165, 1.54) is 78.9 Å². The molecular formula is C22H13F9O3S2. The van der Waals surface area contributed by atoms with Gasteiger partial charge >= 0.3 is 33.4 Å². The van der Waals surface area contributed by atoms with Gasteiger partial charge in [0.2, 0.25) is 0 Å². The van der Waals surface area contributed by atoms with E-state index in [-0.39, 0.29) is 25.8 Å². The second-order valence-electron chi connectivity index (χ2n) is 7.55. The van der Waals surface area contributed by atoms with E-state index in [2.05, 4.69) is 0 Å². The molecule has 3 nitrogen and oxygen atoms in total. The van der Waals surface area contributed by atoms with E-state index in [1.807, 2.05) is 0 Å². The first-order valence-corrected chi connectivity index (χ1v) is 12.7. The number of rotatable bonds is 6. The van der Waals surface area contributed by atoms with Crippen molar-refractivity contribution in [1.82, 2.24) is 0 Å². The second kappa shape index (κ2) is 8.15. The molecule has 1 aliphatic rings. The molecule has 0 spiro atoms. The summed E-state index contributed by atoms with van der Waals surface area (Å²) in [5.41, 5.74) is 0.552. The Hall–Kier alpha value is -2.71. The van der Waals surface area contributed by atoms with Crippen LogP contribution in [0.4, 0.5) is 39.5 Å². The van der Waals surface area contributed by atoms with E-state index >= 15 is 0 Å². The quantitative estimate of drug-likeness (QED) is 0.291. The molecule has 4 rings (SSSR count). The third kappa shape index (κ3) is 3.44. The standard InChI is InChI=1S/C22H13F9O3S2/c23-19(24,21(27,28)29)20(25,26)22(30,31)36(32,33)34-35(14-8-2-1-3-9-14)17-12-6-4-10-15(17)16-11-5-7-13-18(16)35/h1-13H. The predicted octanol–water partition coefficient (Wildman–Crippen LogP) is 7.64. The molecule has 3 aromatic carbocycles. The van der Waals surface area contributed by atoms with Crippen molar-refractivity contribution in [3.05, 3.63) is 78.9 Å². The molecule has 0 amide bonds. The maximum Gasteiger partial charge on any atom is 0.460 e. The zero-order chi connectivity index (χ0) is 26.8. The Kier molecular flexibility index (Phi) is 5.97. The van der Waals surface area contributed by atoms with Crippen molar-refractivity contribution in [2.75, 3.05) is 0 Å². The molecule has 0 fully saturated rings. The van der Waals surface area contributed by atoms with Gasteiger partial charge in [-0.3, -0.25) is 0 Å². The minimum Gasteiger partial charge on any atom is -0.202 e. The van der Waals surface area contributed by atoms with Crippen LogP contribution in [0.5, 0.6) is 0 Å². The summed E-state index contributed by atoms with van der Waals surface area (Å²) in [4.78, 5) is -0.210. The van der Waals surface area contributed by atoms with Crippen LogP contribution in [-0.2, 0) is 13.7 Å². The second-order valence-corrected chi connectivity index (χ2v) is 12.0. The van der Waals surface area contributed by atoms with Crippen molar-refractivity contribution in [2.24, 2.45) is 0 Å². The van der Waals surface area contributed by atoms with Gasteiger partial charge in [0, 0.05) is 14.7 Å². The topological polar surface area (TPSA) is 43.4 Å². The van der Waals surface area contributed by atoms with Crippen molar-refractivity contribution >= 4 is 20.4 Å². The van der Waals surface area contributed by atoms with Crippen molar-refractivity contribution < 1.29 is 51.6 Å². The fourth-order valence-electron chi connectivity index (χ4n) is 3.67. The smallest absolute Gasteiger partial charge is 0.202 e. The highest BCUT2D eigenvalue weighted by molar-refractivity contribution is 8.33. The lowest BCUT2D eigenvalue weighted by atomic mass is 10.1. The van der Waals surface area contributed by atoms with Crippen LogP contribution < -0.4 is 0 Å². The highest BCUT2D eigenvalue weighted by Gasteiger charge is 2.86. The molecule has 0 N–H and O–H groups in total. The number of halogens is 9. The van der Waals surface area contributed by atoms with Crippen LogP contribution in [-0.4, -0.2) is 31.7 Å². The zero-order valence-electron chi connectivity index (χ0n) is 17.4. The molecule has 194 valence electrons. The molecule has 0 radical (unpaired) electrons. The molecule has 0 atom stereocenters. The summed E-state index contributed by atoms with van der Waals surface area (Å²) >= 11 is 0. The number of fused-ring (bicyclic) bond motifs is 3. The Morgan fingerprint density at radius 2 is 1.00 bits per heavy atom. The lowest BCUT2D eigenvalue weighted by molar-refractivity contribution is -0.382. The Morgan fingerprint density at radius 1 is 0.583 bits per heavy atom. The summed E-state index contributed by atoms with van der Waals surface area (Å²) in [6.45, 7) is 0. The van der Waals surface area contributed by atoms with Gasteiger partial charge in [0.1, 0.15) is 0 Å². The average molecular weight is 560 g/mol. The highest BCUT2D eigenvalue weighted by Crippen LogP contribution is 2.77. The normalized spacial score (nSPS) is 16.8. The summed E-state index contributed by atoms with van der Waals surface area (Å²) in [6, 6.07) is 17.9. The van der Waals surface area contributed by atoms with Gasteiger partial charge in [0.05, 0.1) is 0 Å². The highest BCUT2D eigenvalue weighted by atomic mass is 32.3. The first-order valence-electron chi connectivity index (χ1n) is 9.75. The third-order valence-corrected chi connectivity index (χ3v) is 10.7. The lowest BCUT2D eigenvalue weighted by Gasteiger charge is -2.39. The van der Waals surface area contributed by atoms with Crippen LogP contribution in [0.25, 0.3) is 11.1 Å². The molecule has 0 saturated carbocycles. The zero-order valence-corrected chi connectivity index (χ0v) is 19.1. The largest absolute Gasteiger partial charge is 0.460 e. The van der Waals surface area contributed by atoms with Crippen LogP contribution in [0, 0.1) is 0 Å². The van der Waals surface area contributed by atoms with E-state index in [0.29, 0.717) is 0 Å². The lowest BCUT2D eigenvalue weighted by Crippen LogP contribution is -2.63. The van der Waals surface area contributed by atoms with E-state index in [4.69, 9.17) is 3.63 Å². The fourth-order valence-corrected chi connectivity index (χ4v) is 9.23. The SMILES string of the molecule is O=S(=O)(OS1(c2ccccc2)c2ccccc2-c2ccccc21)C(F)(F)C(F)(F)C(F)(F)C(F)(F)F. The molecule has 0 bridgehead atoms. The minimum atomic E-state index is -7.41. The van der Waals surface area contributed by atoms with Crippen LogP contribution in [0.2, 0.25) is 0 Å². The van der Waals surface area contributed by atoms with Crippen LogP contribution in [0.15, 0.2) is 93.5 Å². The Labute approximate surface area is 200 Å². The summed E-state index contributed by atoms with van der Waals surface area (Å²) < 4.78 is 152. The van der Waals surface area contributed by atoms with Gasteiger partial charge < -0.3 is 0 Å². The molecule has 0 unspecified atom stereocenters. The van der Waals surface area contributed by atoms with E-state index in [9.17, 15) is 47.9 Å². The van der Waals surface area contributed by atoms with E-state index < -0.39 is 43.7 Å². The molecule has 1 aliphatic heterocycles.